The van der Waals surface area contributed by atoms with Crippen molar-refractivity contribution in [1.82, 2.24) is 0 Å². The number of nitrogens with zero attached hydrogens (tertiary/aromatic N) is 1. The average molecular weight is 240 g/mol. The summed E-state index contributed by atoms with van der Waals surface area (Å²) in [5.41, 5.74) is 5.79. The van der Waals surface area contributed by atoms with Gasteiger partial charge in [0.15, 0.2) is 0 Å². The Morgan fingerprint density at radius 3 is 2.88 bits per heavy atom. The summed E-state index contributed by atoms with van der Waals surface area (Å²) >= 11 is 0. The van der Waals surface area contributed by atoms with Gasteiger partial charge in [0, 0.05) is 18.2 Å². The van der Waals surface area contributed by atoms with Crippen molar-refractivity contribution in [3.05, 3.63) is 39.7 Å². The van der Waals surface area contributed by atoms with Crippen LogP contribution in [0.5, 0.6) is 0 Å². The van der Waals surface area contributed by atoms with Crippen molar-refractivity contribution in [2.75, 3.05) is 13.2 Å². The van der Waals surface area contributed by atoms with Crippen LogP contribution in [0.2, 0.25) is 0 Å². The first-order chi connectivity index (χ1) is 7.98. The Balaban J connectivity index is 2.23. The van der Waals surface area contributed by atoms with Gasteiger partial charge in [-0.25, -0.2) is 4.39 Å². The van der Waals surface area contributed by atoms with Gasteiger partial charge in [0.1, 0.15) is 5.82 Å². The second kappa shape index (κ2) is 4.38. The number of hydrogen-bond donors (Lipinski definition) is 1. The van der Waals surface area contributed by atoms with Gasteiger partial charge in [-0.1, -0.05) is 0 Å². The van der Waals surface area contributed by atoms with Crippen molar-refractivity contribution in [3.63, 3.8) is 0 Å². The molecule has 0 spiro atoms. The Hall–Kier alpha value is -1.53. The highest BCUT2D eigenvalue weighted by atomic mass is 19.1. The number of rotatable bonds is 3. The lowest BCUT2D eigenvalue weighted by Gasteiger charge is -2.21. The molecule has 0 aromatic heterocycles. The minimum atomic E-state index is -0.614. The molecular formula is C11H13FN2O3. The third-order valence-electron chi connectivity index (χ3n) is 2.84. The number of nitro benzene ring substituents is 1. The van der Waals surface area contributed by atoms with Gasteiger partial charge in [0.25, 0.3) is 5.69 Å². The molecule has 6 heteroatoms. The second-order valence-corrected chi connectivity index (χ2v) is 4.42. The Morgan fingerprint density at radius 2 is 2.29 bits per heavy atom. The number of benzene rings is 1. The first-order valence-corrected chi connectivity index (χ1v) is 5.29. The van der Waals surface area contributed by atoms with E-state index in [0.717, 1.165) is 6.07 Å². The molecule has 1 heterocycles. The largest absolute Gasteiger partial charge is 0.379 e. The lowest BCUT2D eigenvalue weighted by atomic mass is 9.91. The van der Waals surface area contributed by atoms with Crippen LogP contribution in [0.4, 0.5) is 10.1 Å². The summed E-state index contributed by atoms with van der Waals surface area (Å²) in [6, 6.07) is 3.54. The molecule has 0 bridgehead atoms. The fourth-order valence-electron chi connectivity index (χ4n) is 2.01. The maximum atomic E-state index is 13.2. The van der Waals surface area contributed by atoms with Gasteiger partial charge in [0.2, 0.25) is 0 Å². The van der Waals surface area contributed by atoms with Crippen molar-refractivity contribution in [1.29, 1.82) is 0 Å². The van der Waals surface area contributed by atoms with Crippen LogP contribution in [0, 0.1) is 15.9 Å². The molecule has 1 atom stereocenters. The Morgan fingerprint density at radius 1 is 1.53 bits per heavy atom. The van der Waals surface area contributed by atoms with Gasteiger partial charge in [0.05, 0.1) is 17.6 Å². The Kier molecular flexibility index (Phi) is 3.08. The molecule has 0 radical (unpaired) electrons. The number of hydrogen-bond acceptors (Lipinski definition) is 4. The highest BCUT2D eigenvalue weighted by Gasteiger charge is 2.31. The third kappa shape index (κ3) is 2.78. The summed E-state index contributed by atoms with van der Waals surface area (Å²) in [6.45, 7) is 0.977. The first-order valence-electron chi connectivity index (χ1n) is 5.29. The van der Waals surface area contributed by atoms with Gasteiger partial charge in [-0.2, -0.15) is 0 Å². The first kappa shape index (κ1) is 11.9. The van der Waals surface area contributed by atoms with Gasteiger partial charge in [-0.15, -0.1) is 0 Å². The van der Waals surface area contributed by atoms with Gasteiger partial charge in [-0.05, 0) is 24.5 Å². The minimum absolute atomic E-state index is 0.248. The molecule has 2 rings (SSSR count). The van der Waals surface area contributed by atoms with E-state index in [2.05, 4.69) is 0 Å². The summed E-state index contributed by atoms with van der Waals surface area (Å²) in [5, 5.41) is 10.6. The summed E-state index contributed by atoms with van der Waals surface area (Å²) in [5.74, 6) is -0.614. The van der Waals surface area contributed by atoms with Gasteiger partial charge in [-0.3, -0.25) is 10.1 Å². The lowest BCUT2D eigenvalue weighted by molar-refractivity contribution is -0.385. The maximum absolute atomic E-state index is 13.2. The molecule has 0 aliphatic carbocycles. The van der Waals surface area contributed by atoms with E-state index < -0.39 is 16.3 Å². The molecule has 5 nitrogen and oxygen atoms in total. The SMILES string of the molecule is NC1(Cc2cc(F)cc([N+](=O)[O-])c2)CCOC1. The van der Waals surface area contributed by atoms with Crippen molar-refractivity contribution in [2.24, 2.45) is 5.73 Å². The molecule has 1 fully saturated rings. The van der Waals surface area contributed by atoms with Crippen LogP contribution in [-0.2, 0) is 11.2 Å². The lowest BCUT2D eigenvalue weighted by Crippen LogP contribution is -2.42. The van der Waals surface area contributed by atoms with E-state index in [9.17, 15) is 14.5 Å². The van der Waals surface area contributed by atoms with E-state index >= 15 is 0 Å². The molecule has 2 N–H and O–H groups in total. The molecule has 92 valence electrons. The van der Waals surface area contributed by atoms with Gasteiger partial charge >= 0.3 is 0 Å². The predicted molar refractivity (Wildman–Crippen MR) is 59.1 cm³/mol. The van der Waals surface area contributed by atoms with Crippen molar-refractivity contribution >= 4 is 5.69 Å². The summed E-state index contributed by atoms with van der Waals surface area (Å²) in [6.07, 6.45) is 1.06. The second-order valence-electron chi connectivity index (χ2n) is 4.42. The van der Waals surface area contributed by atoms with Gasteiger partial charge < -0.3 is 10.5 Å². The molecule has 1 aromatic rings. The standard InChI is InChI=1S/C11H13FN2O3/c12-9-3-8(4-10(5-9)14(15)16)6-11(13)1-2-17-7-11/h3-5H,1-2,6-7,13H2. The Labute approximate surface area is 97.5 Å². The van der Waals surface area contributed by atoms with E-state index in [4.69, 9.17) is 10.5 Å². The number of nitrogens with two attached hydrogens (primary N) is 1. The van der Waals surface area contributed by atoms with Crippen LogP contribution >= 0.6 is 0 Å². The predicted octanol–water partition coefficient (Wildman–Crippen LogP) is 1.39. The number of ether oxygens (including phenoxy) is 1. The smallest absolute Gasteiger partial charge is 0.272 e. The molecule has 1 aliphatic heterocycles. The molecule has 0 amide bonds. The zero-order valence-electron chi connectivity index (χ0n) is 9.19. The van der Waals surface area contributed by atoms with E-state index in [1.54, 1.807) is 0 Å². The summed E-state index contributed by atoms with van der Waals surface area (Å²) in [7, 11) is 0. The average Bonchev–Trinajstić information content (AvgIpc) is 2.63. The van der Waals surface area contributed by atoms with Crippen molar-refractivity contribution in [2.45, 2.75) is 18.4 Å². The van der Waals surface area contributed by atoms with Crippen LogP contribution in [-0.4, -0.2) is 23.7 Å². The zero-order valence-corrected chi connectivity index (χ0v) is 9.19. The van der Waals surface area contributed by atoms with E-state index in [1.807, 2.05) is 0 Å². The quantitative estimate of drug-likeness (QED) is 0.639. The Bertz CT molecular complexity index is 444. The summed E-state index contributed by atoms with van der Waals surface area (Å²) in [4.78, 5) is 10.00. The van der Waals surface area contributed by atoms with Crippen LogP contribution < -0.4 is 5.73 Å². The molecule has 17 heavy (non-hydrogen) atoms. The molecule has 1 saturated heterocycles. The zero-order chi connectivity index (χ0) is 12.5. The van der Waals surface area contributed by atoms with Crippen LogP contribution in [0.15, 0.2) is 18.2 Å². The van der Waals surface area contributed by atoms with Crippen molar-refractivity contribution < 1.29 is 14.1 Å². The number of non-ortho nitro benzene ring substituents is 1. The summed E-state index contributed by atoms with van der Waals surface area (Å²) < 4.78 is 18.4. The van der Waals surface area contributed by atoms with E-state index in [1.165, 1.54) is 12.1 Å². The minimum Gasteiger partial charge on any atom is -0.379 e. The monoisotopic (exact) mass is 240 g/mol. The highest BCUT2D eigenvalue weighted by molar-refractivity contribution is 5.36. The highest BCUT2D eigenvalue weighted by Crippen LogP contribution is 2.24. The maximum Gasteiger partial charge on any atom is 0.272 e. The van der Waals surface area contributed by atoms with E-state index in [0.29, 0.717) is 31.6 Å². The van der Waals surface area contributed by atoms with Crippen LogP contribution in [0.1, 0.15) is 12.0 Å². The number of halogens is 1. The van der Waals surface area contributed by atoms with Crippen LogP contribution in [0.3, 0.4) is 0 Å². The fourth-order valence-corrected chi connectivity index (χ4v) is 2.01. The third-order valence-corrected chi connectivity index (χ3v) is 2.84. The van der Waals surface area contributed by atoms with Crippen molar-refractivity contribution in [3.8, 4) is 0 Å². The number of nitro groups is 1. The molecular weight excluding hydrogens is 227 g/mol. The fraction of sp³-hybridized carbons (Fsp3) is 0.455. The topological polar surface area (TPSA) is 78.4 Å². The molecule has 1 unspecified atom stereocenters. The molecule has 0 saturated carbocycles. The normalized spacial score (nSPS) is 23.9. The van der Waals surface area contributed by atoms with Crippen LogP contribution in [0.25, 0.3) is 0 Å². The molecule has 1 aliphatic rings. The molecule has 1 aromatic carbocycles. The van der Waals surface area contributed by atoms with E-state index in [-0.39, 0.29) is 5.69 Å².